The van der Waals surface area contributed by atoms with Crippen LogP contribution in [-0.2, 0) is 0 Å². The average Bonchev–Trinajstić information content (AvgIpc) is 1.80. The second-order valence-corrected chi connectivity index (χ2v) is 2.81. The van der Waals surface area contributed by atoms with Crippen molar-refractivity contribution in [3.8, 4) is 0 Å². The van der Waals surface area contributed by atoms with Crippen LogP contribution in [0, 0.1) is 0 Å². The summed E-state index contributed by atoms with van der Waals surface area (Å²) in [6.45, 7) is 0. The van der Waals surface area contributed by atoms with Gasteiger partial charge in [0, 0.05) is 5.02 Å². The Bertz CT molecular complexity index is 232. The van der Waals surface area contributed by atoms with Crippen molar-refractivity contribution in [1.82, 2.24) is 0 Å². The number of halogens is 3. The summed E-state index contributed by atoms with van der Waals surface area (Å²) < 4.78 is 0. The first kappa shape index (κ1) is 10.9. The first-order chi connectivity index (χ1) is 4.20. The van der Waals surface area contributed by atoms with Gasteiger partial charge in [0.05, 0.1) is 10.0 Å². The molecule has 0 amide bonds. The van der Waals surface area contributed by atoms with E-state index in [1.807, 2.05) is 0 Å². The molecular weight excluding hydrogens is 203 g/mol. The molecule has 0 unspecified atom stereocenters. The Morgan fingerprint density at radius 1 is 1.00 bits per heavy atom. The van der Waals surface area contributed by atoms with E-state index in [0.29, 0.717) is 15.1 Å². The van der Waals surface area contributed by atoms with Crippen LogP contribution in [0.3, 0.4) is 0 Å². The zero-order chi connectivity index (χ0) is 6.85. The topological polar surface area (TPSA) is 0 Å². The Morgan fingerprint density at radius 2 is 1.60 bits per heavy atom. The fourth-order valence-electron chi connectivity index (χ4n) is 0.470. The van der Waals surface area contributed by atoms with Crippen LogP contribution < -0.4 is 0 Å². The molecule has 10 heavy (non-hydrogen) atoms. The van der Waals surface area contributed by atoms with E-state index in [0.717, 1.165) is 0 Å². The summed E-state index contributed by atoms with van der Waals surface area (Å²) in [5.74, 6) is 0. The smallest absolute Gasteiger partial charge is 1.00 e. The number of rotatable bonds is 0. The minimum atomic E-state index is 0. The van der Waals surface area contributed by atoms with E-state index in [1.54, 1.807) is 18.2 Å². The number of hydrogen-bond acceptors (Lipinski definition) is 0. The van der Waals surface area contributed by atoms with Crippen LogP contribution in [0.15, 0.2) is 18.2 Å². The van der Waals surface area contributed by atoms with Crippen LogP contribution in [0.25, 0.3) is 0 Å². The van der Waals surface area contributed by atoms with Crippen molar-refractivity contribution in [3.05, 3.63) is 33.3 Å². The molecule has 0 radical (unpaired) electrons. The van der Waals surface area contributed by atoms with Gasteiger partial charge in [-0.3, -0.25) is 0 Å². The molecule has 1 aromatic carbocycles. The van der Waals surface area contributed by atoms with Gasteiger partial charge in [0.2, 0.25) is 0 Å². The average molecular weight is 208 g/mol. The summed E-state index contributed by atoms with van der Waals surface area (Å²) in [7, 11) is 0. The first-order valence-electron chi connectivity index (χ1n) is 2.30. The molecule has 0 aliphatic rings. The largest absolute Gasteiger partial charge is 2.00 e. The molecule has 0 fully saturated rings. The fraction of sp³-hybridized carbons (Fsp3) is 0. The Balaban J connectivity index is -0.000000270. The molecule has 0 atom stereocenters. The van der Waals surface area contributed by atoms with Gasteiger partial charge in [-0.05, 0) is 18.2 Å². The molecule has 0 N–H and O–H groups in total. The van der Waals surface area contributed by atoms with Crippen molar-refractivity contribution in [1.29, 1.82) is 0 Å². The van der Waals surface area contributed by atoms with Crippen molar-refractivity contribution >= 4 is 57.9 Å². The molecule has 0 aliphatic heterocycles. The minimum absolute atomic E-state index is 0. The normalized spacial score (nSPS) is 8.70. The minimum Gasteiger partial charge on any atom is -1.00 e. The van der Waals surface area contributed by atoms with Crippen molar-refractivity contribution in [2.45, 2.75) is 0 Å². The third-order valence-corrected chi connectivity index (χ3v) is 1.86. The molecule has 0 nitrogen and oxygen atoms in total. The molecule has 52 valence electrons. The van der Waals surface area contributed by atoms with Crippen LogP contribution in [0.4, 0.5) is 0 Å². The summed E-state index contributed by atoms with van der Waals surface area (Å²) in [6.07, 6.45) is 0. The van der Waals surface area contributed by atoms with Gasteiger partial charge in [0.1, 0.15) is 0 Å². The molecular formula is C6H5Cl3Mg. The molecule has 0 bridgehead atoms. The Morgan fingerprint density at radius 3 is 2.00 bits per heavy atom. The molecule has 1 aromatic rings. The van der Waals surface area contributed by atoms with E-state index in [2.05, 4.69) is 0 Å². The quantitative estimate of drug-likeness (QED) is 0.451. The van der Waals surface area contributed by atoms with Gasteiger partial charge >= 0.3 is 23.1 Å². The van der Waals surface area contributed by atoms with E-state index in [1.165, 1.54) is 0 Å². The van der Waals surface area contributed by atoms with Gasteiger partial charge in [-0.25, -0.2) is 0 Å². The Labute approximate surface area is 93.6 Å². The van der Waals surface area contributed by atoms with Gasteiger partial charge in [-0.1, -0.05) is 34.8 Å². The molecule has 0 saturated carbocycles. The second kappa shape index (κ2) is 4.68. The van der Waals surface area contributed by atoms with Gasteiger partial charge in [-0.15, -0.1) is 0 Å². The molecule has 0 heterocycles. The molecule has 4 heteroatoms. The van der Waals surface area contributed by atoms with Crippen LogP contribution in [0.1, 0.15) is 2.85 Å². The zero-order valence-corrected chi connectivity index (χ0v) is 8.76. The first-order valence-corrected chi connectivity index (χ1v) is 3.44. The van der Waals surface area contributed by atoms with Crippen molar-refractivity contribution in [2.75, 3.05) is 0 Å². The van der Waals surface area contributed by atoms with Gasteiger partial charge in [0.15, 0.2) is 0 Å². The van der Waals surface area contributed by atoms with E-state index < -0.39 is 0 Å². The second-order valence-electron chi connectivity index (χ2n) is 1.56. The molecule has 0 spiro atoms. The summed E-state index contributed by atoms with van der Waals surface area (Å²) in [5, 5.41) is 1.62. The third-order valence-electron chi connectivity index (χ3n) is 0.882. The predicted octanol–water partition coefficient (Wildman–Crippen LogP) is 3.49. The molecule has 0 saturated heterocycles. The van der Waals surface area contributed by atoms with Crippen molar-refractivity contribution in [3.63, 3.8) is 0 Å². The summed E-state index contributed by atoms with van der Waals surface area (Å²) in [6, 6.07) is 4.95. The Kier molecular flexibility index (Phi) is 5.08. The van der Waals surface area contributed by atoms with E-state index in [9.17, 15) is 0 Å². The summed E-state index contributed by atoms with van der Waals surface area (Å²) in [4.78, 5) is 0. The van der Waals surface area contributed by atoms with Crippen LogP contribution >= 0.6 is 34.8 Å². The maximum absolute atomic E-state index is 5.60. The molecule has 0 aliphatic carbocycles. The number of benzene rings is 1. The summed E-state index contributed by atoms with van der Waals surface area (Å²) >= 11 is 16.8. The maximum atomic E-state index is 5.60. The van der Waals surface area contributed by atoms with E-state index >= 15 is 0 Å². The maximum Gasteiger partial charge on any atom is 2.00 e. The van der Waals surface area contributed by atoms with Crippen LogP contribution in [-0.4, -0.2) is 23.1 Å². The van der Waals surface area contributed by atoms with E-state index in [-0.39, 0.29) is 25.9 Å². The van der Waals surface area contributed by atoms with Gasteiger partial charge in [0.25, 0.3) is 0 Å². The number of hydrogen-bond donors (Lipinski definition) is 0. The molecule has 1 rings (SSSR count). The monoisotopic (exact) mass is 206 g/mol. The predicted molar refractivity (Wildman–Crippen MR) is 49.5 cm³/mol. The third kappa shape index (κ3) is 2.85. The van der Waals surface area contributed by atoms with Crippen molar-refractivity contribution < 1.29 is 2.85 Å². The fourth-order valence-corrected chi connectivity index (χ4v) is 0.997. The van der Waals surface area contributed by atoms with E-state index in [4.69, 9.17) is 34.8 Å². The van der Waals surface area contributed by atoms with Crippen LogP contribution in [0.2, 0.25) is 15.1 Å². The van der Waals surface area contributed by atoms with Gasteiger partial charge < -0.3 is 2.85 Å². The Hall–Kier alpha value is 0.856. The SMILES string of the molecule is Clc1ccc(Cl)c(Cl)c1.[H-].[H-].[Mg+2]. The van der Waals surface area contributed by atoms with Crippen molar-refractivity contribution in [2.24, 2.45) is 0 Å². The zero-order valence-electron chi connectivity index (χ0n) is 7.07. The van der Waals surface area contributed by atoms with Crippen LogP contribution in [0.5, 0.6) is 0 Å². The standard InChI is InChI=1S/C6H3Cl3.Mg.2H/c7-4-1-2-5(8)6(9)3-4;;;/h1-3H;;;/q;+2;2*-1. The summed E-state index contributed by atoms with van der Waals surface area (Å²) in [5.41, 5.74) is 0. The molecule has 0 aromatic heterocycles. The van der Waals surface area contributed by atoms with Gasteiger partial charge in [-0.2, -0.15) is 0 Å².